The van der Waals surface area contributed by atoms with Crippen molar-refractivity contribution < 1.29 is 0 Å². The SMILES string of the molecule is CNC1CCN(CCC(C)(C)C)CC1. The molecular weight excluding hydrogens is 172 g/mol. The summed E-state index contributed by atoms with van der Waals surface area (Å²) in [4.78, 5) is 2.61. The Hall–Kier alpha value is -0.0800. The van der Waals surface area contributed by atoms with Crippen LogP contribution in [-0.2, 0) is 0 Å². The lowest BCUT2D eigenvalue weighted by Crippen LogP contribution is -2.42. The molecule has 0 aliphatic carbocycles. The Morgan fingerprint density at radius 1 is 1.21 bits per heavy atom. The maximum absolute atomic E-state index is 3.37. The highest BCUT2D eigenvalue weighted by Crippen LogP contribution is 2.20. The Morgan fingerprint density at radius 2 is 1.79 bits per heavy atom. The molecule has 2 nitrogen and oxygen atoms in total. The Bertz CT molecular complexity index is 152. The third kappa shape index (κ3) is 4.43. The standard InChI is InChI=1S/C12H26N2/c1-12(2,3)7-10-14-8-5-11(13-4)6-9-14/h11,13H,5-10H2,1-4H3. The number of nitrogens with one attached hydrogen (secondary N) is 1. The summed E-state index contributed by atoms with van der Waals surface area (Å²) >= 11 is 0. The first kappa shape index (κ1) is 12.0. The molecule has 0 unspecified atom stereocenters. The van der Waals surface area contributed by atoms with Gasteiger partial charge in [-0.3, -0.25) is 0 Å². The Labute approximate surface area is 89.1 Å². The molecule has 1 aliphatic heterocycles. The molecule has 0 spiro atoms. The number of hydrogen-bond acceptors (Lipinski definition) is 2. The van der Waals surface area contributed by atoms with Crippen molar-refractivity contribution >= 4 is 0 Å². The minimum absolute atomic E-state index is 0.486. The van der Waals surface area contributed by atoms with Crippen molar-refractivity contribution in [1.29, 1.82) is 0 Å². The Morgan fingerprint density at radius 3 is 2.21 bits per heavy atom. The molecule has 0 bridgehead atoms. The van der Waals surface area contributed by atoms with E-state index >= 15 is 0 Å². The predicted molar refractivity (Wildman–Crippen MR) is 62.6 cm³/mol. The molecule has 1 fully saturated rings. The molecule has 1 aliphatic rings. The molecule has 0 amide bonds. The Kier molecular flexibility index (Phi) is 4.39. The van der Waals surface area contributed by atoms with Gasteiger partial charge in [0.15, 0.2) is 0 Å². The maximum atomic E-state index is 3.37. The van der Waals surface area contributed by atoms with E-state index in [0.717, 1.165) is 6.04 Å². The van der Waals surface area contributed by atoms with Crippen LogP contribution < -0.4 is 5.32 Å². The van der Waals surface area contributed by atoms with Crippen molar-refractivity contribution in [1.82, 2.24) is 10.2 Å². The van der Waals surface area contributed by atoms with Crippen molar-refractivity contribution in [3.8, 4) is 0 Å². The first-order valence-electron chi connectivity index (χ1n) is 5.91. The van der Waals surface area contributed by atoms with Crippen LogP contribution >= 0.6 is 0 Å². The molecule has 0 radical (unpaired) electrons. The van der Waals surface area contributed by atoms with Crippen molar-refractivity contribution in [2.24, 2.45) is 5.41 Å². The van der Waals surface area contributed by atoms with Crippen molar-refractivity contribution in [3.63, 3.8) is 0 Å². The predicted octanol–water partition coefficient (Wildman–Crippen LogP) is 2.11. The van der Waals surface area contributed by atoms with E-state index < -0.39 is 0 Å². The smallest absolute Gasteiger partial charge is 0.00884 e. The fourth-order valence-electron chi connectivity index (χ4n) is 1.94. The average molecular weight is 198 g/mol. The molecule has 1 N–H and O–H groups in total. The summed E-state index contributed by atoms with van der Waals surface area (Å²) in [5.74, 6) is 0. The molecule has 0 atom stereocenters. The highest BCUT2D eigenvalue weighted by Gasteiger charge is 2.19. The topological polar surface area (TPSA) is 15.3 Å². The molecular formula is C12H26N2. The van der Waals surface area contributed by atoms with Crippen molar-refractivity contribution in [3.05, 3.63) is 0 Å². The van der Waals surface area contributed by atoms with E-state index in [1.165, 1.54) is 38.9 Å². The zero-order valence-electron chi connectivity index (χ0n) is 10.3. The lowest BCUT2D eigenvalue weighted by atomic mass is 9.91. The van der Waals surface area contributed by atoms with Gasteiger partial charge in [0.2, 0.25) is 0 Å². The first-order valence-corrected chi connectivity index (χ1v) is 5.91. The maximum Gasteiger partial charge on any atom is 0.00884 e. The molecule has 0 aromatic carbocycles. The lowest BCUT2D eigenvalue weighted by molar-refractivity contribution is 0.177. The minimum atomic E-state index is 0.486. The van der Waals surface area contributed by atoms with Crippen LogP contribution in [0.25, 0.3) is 0 Å². The number of likely N-dealkylation sites (tertiary alicyclic amines) is 1. The van der Waals surface area contributed by atoms with Crippen LogP contribution in [0, 0.1) is 5.41 Å². The normalized spacial score (nSPS) is 21.4. The van der Waals surface area contributed by atoms with Crippen LogP contribution in [0.4, 0.5) is 0 Å². The number of piperidine rings is 1. The first-order chi connectivity index (χ1) is 6.51. The van der Waals surface area contributed by atoms with E-state index in [4.69, 9.17) is 0 Å². The van der Waals surface area contributed by atoms with Gasteiger partial charge in [-0.25, -0.2) is 0 Å². The number of nitrogens with zero attached hydrogens (tertiary/aromatic N) is 1. The second-order valence-electron chi connectivity index (χ2n) is 5.72. The second kappa shape index (κ2) is 5.13. The van der Waals surface area contributed by atoms with Gasteiger partial charge in [0.05, 0.1) is 0 Å². The fraction of sp³-hybridized carbons (Fsp3) is 1.00. The van der Waals surface area contributed by atoms with E-state index in [0.29, 0.717) is 5.41 Å². The zero-order valence-corrected chi connectivity index (χ0v) is 10.3. The monoisotopic (exact) mass is 198 g/mol. The van der Waals surface area contributed by atoms with E-state index in [2.05, 4.69) is 38.0 Å². The average Bonchev–Trinajstić information content (AvgIpc) is 2.14. The summed E-state index contributed by atoms with van der Waals surface area (Å²) in [6.45, 7) is 10.8. The molecule has 0 aromatic heterocycles. The summed E-state index contributed by atoms with van der Waals surface area (Å²) in [6.07, 6.45) is 3.96. The van der Waals surface area contributed by atoms with Crippen LogP contribution in [0.3, 0.4) is 0 Å². The summed E-state index contributed by atoms with van der Waals surface area (Å²) in [5, 5.41) is 3.37. The fourth-order valence-corrected chi connectivity index (χ4v) is 1.94. The Balaban J connectivity index is 2.16. The van der Waals surface area contributed by atoms with Crippen LogP contribution in [0.2, 0.25) is 0 Å². The van der Waals surface area contributed by atoms with Crippen molar-refractivity contribution in [2.75, 3.05) is 26.7 Å². The van der Waals surface area contributed by atoms with Gasteiger partial charge >= 0.3 is 0 Å². The summed E-state index contributed by atoms with van der Waals surface area (Å²) < 4.78 is 0. The third-order valence-corrected chi connectivity index (χ3v) is 3.17. The minimum Gasteiger partial charge on any atom is -0.317 e. The molecule has 2 heteroatoms. The summed E-state index contributed by atoms with van der Waals surface area (Å²) in [6, 6.07) is 0.765. The van der Waals surface area contributed by atoms with Gasteiger partial charge in [-0.05, 0) is 51.4 Å². The number of hydrogen-bond donors (Lipinski definition) is 1. The van der Waals surface area contributed by atoms with E-state index in [-0.39, 0.29) is 0 Å². The van der Waals surface area contributed by atoms with Crippen molar-refractivity contribution in [2.45, 2.75) is 46.1 Å². The molecule has 0 saturated carbocycles. The van der Waals surface area contributed by atoms with Gasteiger partial charge in [0.25, 0.3) is 0 Å². The highest BCUT2D eigenvalue weighted by atomic mass is 15.1. The molecule has 84 valence electrons. The largest absolute Gasteiger partial charge is 0.317 e. The quantitative estimate of drug-likeness (QED) is 0.747. The highest BCUT2D eigenvalue weighted by molar-refractivity contribution is 4.76. The lowest BCUT2D eigenvalue weighted by Gasteiger charge is -2.33. The molecule has 1 saturated heterocycles. The van der Waals surface area contributed by atoms with Crippen LogP contribution in [0.1, 0.15) is 40.0 Å². The molecule has 14 heavy (non-hydrogen) atoms. The van der Waals surface area contributed by atoms with Gasteiger partial charge in [-0.1, -0.05) is 20.8 Å². The van der Waals surface area contributed by atoms with E-state index in [1.807, 2.05) is 0 Å². The van der Waals surface area contributed by atoms with Crippen LogP contribution in [0.5, 0.6) is 0 Å². The zero-order chi connectivity index (χ0) is 10.6. The van der Waals surface area contributed by atoms with Gasteiger partial charge in [-0.2, -0.15) is 0 Å². The van der Waals surface area contributed by atoms with Crippen LogP contribution in [-0.4, -0.2) is 37.6 Å². The van der Waals surface area contributed by atoms with Gasteiger partial charge in [-0.15, -0.1) is 0 Å². The summed E-state index contributed by atoms with van der Waals surface area (Å²) in [7, 11) is 2.08. The van der Waals surface area contributed by atoms with Gasteiger partial charge in [0.1, 0.15) is 0 Å². The third-order valence-electron chi connectivity index (χ3n) is 3.17. The molecule has 1 heterocycles. The van der Waals surface area contributed by atoms with E-state index in [1.54, 1.807) is 0 Å². The summed E-state index contributed by atoms with van der Waals surface area (Å²) in [5.41, 5.74) is 0.486. The van der Waals surface area contributed by atoms with Gasteiger partial charge in [0, 0.05) is 6.04 Å². The molecule has 1 rings (SSSR count). The van der Waals surface area contributed by atoms with Gasteiger partial charge < -0.3 is 10.2 Å². The van der Waals surface area contributed by atoms with Crippen LogP contribution in [0.15, 0.2) is 0 Å². The van der Waals surface area contributed by atoms with E-state index in [9.17, 15) is 0 Å². The second-order valence-corrected chi connectivity index (χ2v) is 5.72. The number of rotatable bonds is 3. The molecule has 0 aromatic rings.